The molecule has 0 amide bonds. The predicted molar refractivity (Wildman–Crippen MR) is 52.1 cm³/mol. The minimum atomic E-state index is 0.181. The van der Waals surface area contributed by atoms with Gasteiger partial charge in [0.1, 0.15) is 11.2 Å². The molecule has 0 aliphatic rings. The molecule has 1 heterocycles. The molecule has 4 heteroatoms. The molecular weight excluding hydrogens is 195 g/mol. The predicted octanol–water partition coefficient (Wildman–Crippen LogP) is 2.57. The molecule has 1 rings (SSSR count). The van der Waals surface area contributed by atoms with Gasteiger partial charge in [-0.3, -0.25) is 9.98 Å². The number of hydrogen-bond acceptors (Lipinski definition) is 2. The van der Waals surface area contributed by atoms with Crippen LogP contribution in [0.4, 0.5) is 0 Å². The van der Waals surface area contributed by atoms with Crippen LogP contribution < -0.4 is 0 Å². The average Bonchev–Trinajstić information content (AvgIpc) is 2.05. The SMILES string of the molecule is Cc1cnccc1/C(Cl)=N\CCl. The number of rotatable bonds is 2. The molecule has 0 unspecified atom stereocenters. The lowest BCUT2D eigenvalue weighted by Gasteiger charge is -2.00. The second-order valence-corrected chi connectivity index (χ2v) is 2.86. The Balaban J connectivity index is 3.02. The van der Waals surface area contributed by atoms with Gasteiger partial charge in [0.25, 0.3) is 0 Å². The standard InChI is InChI=1S/C8H8Cl2N2/c1-6-4-11-3-2-7(6)8(10)12-5-9/h2-4H,5H2,1H3/b12-8+. The molecule has 0 aliphatic carbocycles. The summed E-state index contributed by atoms with van der Waals surface area (Å²) in [5.74, 6) is 0. The Hall–Kier alpha value is -0.600. The molecule has 0 spiro atoms. The van der Waals surface area contributed by atoms with E-state index >= 15 is 0 Å². The Bertz CT molecular complexity index is 297. The van der Waals surface area contributed by atoms with E-state index in [4.69, 9.17) is 23.2 Å². The van der Waals surface area contributed by atoms with Crippen molar-refractivity contribution in [1.29, 1.82) is 0 Å². The van der Waals surface area contributed by atoms with E-state index in [-0.39, 0.29) is 6.00 Å². The number of nitrogens with zero attached hydrogens (tertiary/aromatic N) is 2. The van der Waals surface area contributed by atoms with Crippen LogP contribution in [0.5, 0.6) is 0 Å². The highest BCUT2D eigenvalue weighted by Gasteiger charge is 2.01. The molecule has 0 bridgehead atoms. The van der Waals surface area contributed by atoms with Gasteiger partial charge in [-0.05, 0) is 18.6 Å². The fourth-order valence-corrected chi connectivity index (χ4v) is 1.30. The molecule has 0 aromatic carbocycles. The van der Waals surface area contributed by atoms with Crippen molar-refractivity contribution >= 4 is 28.4 Å². The summed E-state index contributed by atoms with van der Waals surface area (Å²) in [6, 6.07) is 1.99. The maximum atomic E-state index is 5.85. The topological polar surface area (TPSA) is 25.2 Å². The van der Waals surface area contributed by atoms with Gasteiger partial charge >= 0.3 is 0 Å². The molecule has 0 N–H and O–H groups in total. The fourth-order valence-electron chi connectivity index (χ4n) is 0.842. The zero-order chi connectivity index (χ0) is 8.97. The molecule has 0 saturated heterocycles. The van der Waals surface area contributed by atoms with Gasteiger partial charge in [-0.15, -0.1) is 11.6 Å². The van der Waals surface area contributed by atoms with Gasteiger partial charge in [0.15, 0.2) is 0 Å². The maximum Gasteiger partial charge on any atom is 0.132 e. The van der Waals surface area contributed by atoms with Crippen molar-refractivity contribution in [2.45, 2.75) is 6.92 Å². The highest BCUT2D eigenvalue weighted by atomic mass is 35.5. The molecule has 1 aromatic rings. The molecule has 0 radical (unpaired) electrons. The summed E-state index contributed by atoms with van der Waals surface area (Å²) in [6.07, 6.45) is 3.41. The van der Waals surface area contributed by atoms with E-state index in [2.05, 4.69) is 9.98 Å². The molecular formula is C8H8Cl2N2. The van der Waals surface area contributed by atoms with Crippen LogP contribution in [0, 0.1) is 6.92 Å². The van der Waals surface area contributed by atoms with Crippen LogP contribution >= 0.6 is 23.2 Å². The van der Waals surface area contributed by atoms with Gasteiger partial charge in [-0.1, -0.05) is 11.6 Å². The van der Waals surface area contributed by atoms with Crippen molar-refractivity contribution in [3.63, 3.8) is 0 Å². The van der Waals surface area contributed by atoms with Gasteiger partial charge in [0, 0.05) is 18.0 Å². The first-order valence-electron chi connectivity index (χ1n) is 3.42. The largest absolute Gasteiger partial charge is 0.264 e. The van der Waals surface area contributed by atoms with Crippen LogP contribution in [0.15, 0.2) is 23.5 Å². The molecule has 1 aromatic heterocycles. The Morgan fingerprint density at radius 2 is 2.42 bits per heavy atom. The highest BCUT2D eigenvalue weighted by molar-refractivity contribution is 6.69. The summed E-state index contributed by atoms with van der Waals surface area (Å²) in [6.45, 7) is 1.93. The first-order chi connectivity index (χ1) is 5.75. The summed E-state index contributed by atoms with van der Waals surface area (Å²) >= 11 is 11.3. The van der Waals surface area contributed by atoms with Crippen LogP contribution in [0.25, 0.3) is 0 Å². The summed E-state index contributed by atoms with van der Waals surface area (Å²) < 4.78 is 0. The highest BCUT2D eigenvalue weighted by Crippen LogP contribution is 2.09. The quantitative estimate of drug-likeness (QED) is 0.412. The van der Waals surface area contributed by atoms with E-state index in [1.165, 1.54) is 0 Å². The first kappa shape index (κ1) is 9.49. The lowest BCUT2D eigenvalue weighted by atomic mass is 10.2. The summed E-state index contributed by atoms with van der Waals surface area (Å²) in [5.41, 5.74) is 1.88. The molecule has 0 fully saturated rings. The van der Waals surface area contributed by atoms with Gasteiger partial charge in [0.05, 0.1) is 0 Å². The lowest BCUT2D eigenvalue weighted by Crippen LogP contribution is -1.95. The number of aromatic nitrogens is 1. The fraction of sp³-hybridized carbons (Fsp3) is 0.250. The second-order valence-electron chi connectivity index (χ2n) is 2.26. The van der Waals surface area contributed by atoms with Gasteiger partial charge in [-0.25, -0.2) is 0 Å². The normalized spacial score (nSPS) is 11.8. The Morgan fingerprint density at radius 3 is 3.00 bits per heavy atom. The summed E-state index contributed by atoms with van der Waals surface area (Å²) in [5, 5.41) is 0.435. The van der Waals surface area contributed by atoms with Crippen molar-refractivity contribution in [3.05, 3.63) is 29.6 Å². The van der Waals surface area contributed by atoms with Crippen molar-refractivity contribution in [3.8, 4) is 0 Å². The summed E-state index contributed by atoms with van der Waals surface area (Å²) in [4.78, 5) is 7.82. The molecule has 12 heavy (non-hydrogen) atoms. The van der Waals surface area contributed by atoms with Crippen LogP contribution in [0.1, 0.15) is 11.1 Å². The van der Waals surface area contributed by atoms with Crippen molar-refractivity contribution in [1.82, 2.24) is 4.98 Å². The second kappa shape index (κ2) is 4.43. The number of hydrogen-bond donors (Lipinski definition) is 0. The third kappa shape index (κ3) is 2.19. The van der Waals surface area contributed by atoms with Crippen molar-refractivity contribution in [2.75, 3.05) is 6.00 Å². The Kier molecular flexibility index (Phi) is 3.50. The first-order valence-corrected chi connectivity index (χ1v) is 4.34. The molecule has 64 valence electrons. The van der Waals surface area contributed by atoms with Gasteiger partial charge in [-0.2, -0.15) is 0 Å². The molecule has 2 nitrogen and oxygen atoms in total. The minimum absolute atomic E-state index is 0.181. The zero-order valence-electron chi connectivity index (χ0n) is 6.59. The minimum Gasteiger partial charge on any atom is -0.264 e. The number of aryl methyl sites for hydroxylation is 1. The van der Waals surface area contributed by atoms with E-state index in [9.17, 15) is 0 Å². The number of aliphatic imine (C=N–C) groups is 1. The van der Waals surface area contributed by atoms with E-state index in [1.807, 2.05) is 13.0 Å². The molecule has 0 saturated carbocycles. The van der Waals surface area contributed by atoms with Crippen molar-refractivity contribution in [2.24, 2.45) is 4.99 Å². The van der Waals surface area contributed by atoms with E-state index in [1.54, 1.807) is 12.4 Å². The monoisotopic (exact) mass is 202 g/mol. The Morgan fingerprint density at radius 1 is 1.67 bits per heavy atom. The molecule has 0 atom stereocenters. The number of pyridine rings is 1. The average molecular weight is 203 g/mol. The van der Waals surface area contributed by atoms with Crippen LogP contribution in [0.3, 0.4) is 0 Å². The van der Waals surface area contributed by atoms with Crippen LogP contribution in [0.2, 0.25) is 0 Å². The lowest BCUT2D eigenvalue weighted by molar-refractivity contribution is 1.25. The Labute approximate surface area is 81.2 Å². The number of alkyl halides is 1. The van der Waals surface area contributed by atoms with Gasteiger partial charge < -0.3 is 0 Å². The van der Waals surface area contributed by atoms with Gasteiger partial charge in [0.2, 0.25) is 0 Å². The third-order valence-corrected chi connectivity index (χ3v) is 1.88. The van der Waals surface area contributed by atoms with E-state index in [0.29, 0.717) is 5.17 Å². The van der Waals surface area contributed by atoms with Crippen LogP contribution in [-0.2, 0) is 0 Å². The van der Waals surface area contributed by atoms with E-state index < -0.39 is 0 Å². The third-order valence-electron chi connectivity index (χ3n) is 1.44. The smallest absolute Gasteiger partial charge is 0.132 e. The number of halogens is 2. The van der Waals surface area contributed by atoms with E-state index in [0.717, 1.165) is 11.1 Å². The zero-order valence-corrected chi connectivity index (χ0v) is 8.10. The van der Waals surface area contributed by atoms with Crippen LogP contribution in [-0.4, -0.2) is 16.2 Å². The van der Waals surface area contributed by atoms with Crippen molar-refractivity contribution < 1.29 is 0 Å². The maximum absolute atomic E-state index is 5.85. The molecule has 0 aliphatic heterocycles. The summed E-state index contributed by atoms with van der Waals surface area (Å²) in [7, 11) is 0.